The molecule has 0 bridgehead atoms. The van der Waals surface area contributed by atoms with Crippen LogP contribution in [0.2, 0.25) is 0 Å². The molecule has 1 amide bonds. The van der Waals surface area contributed by atoms with Crippen LogP contribution in [0.1, 0.15) is 27.9 Å². The Bertz CT molecular complexity index is 876. The van der Waals surface area contributed by atoms with Gasteiger partial charge in [-0.3, -0.25) is 14.5 Å². The summed E-state index contributed by atoms with van der Waals surface area (Å²) in [7, 11) is 0. The van der Waals surface area contributed by atoms with E-state index in [1.807, 2.05) is 29.2 Å². The molecule has 0 spiro atoms. The maximum atomic E-state index is 12.9. The Balaban J connectivity index is 1.30. The van der Waals surface area contributed by atoms with E-state index in [0.717, 1.165) is 44.0 Å². The highest BCUT2D eigenvalue weighted by molar-refractivity contribution is 8.00. The van der Waals surface area contributed by atoms with Crippen LogP contribution < -0.4 is 0 Å². The molecule has 2 saturated heterocycles. The highest BCUT2D eigenvalue weighted by Crippen LogP contribution is 2.29. The second-order valence-electron chi connectivity index (χ2n) is 7.58. The lowest BCUT2D eigenvalue weighted by Crippen LogP contribution is -2.48. The second kappa shape index (κ2) is 9.01. The SMILES string of the molecule is Cc1ccccc1CN1CCN(C(=O)c2ccc(SC3CCOC3=O)cc2)CC1. The van der Waals surface area contributed by atoms with Crippen molar-refractivity contribution in [1.29, 1.82) is 0 Å². The van der Waals surface area contributed by atoms with Crippen molar-refractivity contribution in [3.05, 3.63) is 65.2 Å². The summed E-state index contributed by atoms with van der Waals surface area (Å²) in [4.78, 5) is 29.8. The van der Waals surface area contributed by atoms with Gasteiger partial charge in [0.1, 0.15) is 5.25 Å². The molecule has 152 valence electrons. The van der Waals surface area contributed by atoms with E-state index in [0.29, 0.717) is 12.2 Å². The van der Waals surface area contributed by atoms with Crippen LogP contribution in [0.5, 0.6) is 0 Å². The van der Waals surface area contributed by atoms with Crippen molar-refractivity contribution >= 4 is 23.6 Å². The lowest BCUT2D eigenvalue weighted by molar-refractivity contribution is -0.137. The summed E-state index contributed by atoms with van der Waals surface area (Å²) >= 11 is 1.51. The van der Waals surface area contributed by atoms with E-state index in [9.17, 15) is 9.59 Å². The smallest absolute Gasteiger partial charge is 0.319 e. The molecule has 6 heteroatoms. The maximum Gasteiger partial charge on any atom is 0.319 e. The van der Waals surface area contributed by atoms with Crippen LogP contribution in [-0.4, -0.2) is 59.7 Å². The monoisotopic (exact) mass is 410 g/mol. The van der Waals surface area contributed by atoms with Gasteiger partial charge in [-0.05, 0) is 42.3 Å². The van der Waals surface area contributed by atoms with Gasteiger partial charge in [-0.1, -0.05) is 24.3 Å². The number of carbonyl (C=O) groups excluding carboxylic acids is 2. The second-order valence-corrected chi connectivity index (χ2v) is 8.86. The first-order chi connectivity index (χ1) is 14.1. The van der Waals surface area contributed by atoms with Crippen molar-refractivity contribution in [2.75, 3.05) is 32.8 Å². The van der Waals surface area contributed by atoms with E-state index in [-0.39, 0.29) is 17.1 Å². The number of thioether (sulfide) groups is 1. The van der Waals surface area contributed by atoms with E-state index >= 15 is 0 Å². The topological polar surface area (TPSA) is 49.9 Å². The van der Waals surface area contributed by atoms with Crippen molar-refractivity contribution in [2.45, 2.75) is 30.0 Å². The Morgan fingerprint density at radius 2 is 1.79 bits per heavy atom. The van der Waals surface area contributed by atoms with Gasteiger partial charge in [0.2, 0.25) is 0 Å². The summed E-state index contributed by atoms with van der Waals surface area (Å²) in [5.74, 6) is -0.0592. The predicted molar refractivity (Wildman–Crippen MR) is 114 cm³/mol. The molecule has 1 atom stereocenters. The van der Waals surface area contributed by atoms with Crippen LogP contribution in [0.3, 0.4) is 0 Å². The first-order valence-electron chi connectivity index (χ1n) is 10.1. The van der Waals surface area contributed by atoms with Gasteiger partial charge in [-0.2, -0.15) is 0 Å². The van der Waals surface area contributed by atoms with Gasteiger partial charge in [0.15, 0.2) is 0 Å². The third kappa shape index (κ3) is 4.82. The third-order valence-corrected chi connectivity index (χ3v) is 6.84. The van der Waals surface area contributed by atoms with Crippen molar-refractivity contribution in [3.63, 3.8) is 0 Å². The number of carbonyl (C=O) groups is 2. The maximum absolute atomic E-state index is 12.9. The molecule has 0 saturated carbocycles. The number of nitrogens with zero attached hydrogens (tertiary/aromatic N) is 2. The number of piperazine rings is 1. The van der Waals surface area contributed by atoms with Gasteiger partial charge >= 0.3 is 5.97 Å². The van der Waals surface area contributed by atoms with Crippen LogP contribution >= 0.6 is 11.8 Å². The van der Waals surface area contributed by atoms with Crippen LogP contribution in [0.25, 0.3) is 0 Å². The minimum Gasteiger partial charge on any atom is -0.465 e. The van der Waals surface area contributed by atoms with Gasteiger partial charge < -0.3 is 9.64 Å². The molecule has 1 unspecified atom stereocenters. The lowest BCUT2D eigenvalue weighted by Gasteiger charge is -2.35. The third-order valence-electron chi connectivity index (χ3n) is 5.58. The fourth-order valence-electron chi connectivity index (χ4n) is 3.74. The summed E-state index contributed by atoms with van der Waals surface area (Å²) in [6.45, 7) is 6.85. The summed E-state index contributed by atoms with van der Waals surface area (Å²) in [6.07, 6.45) is 0.747. The fraction of sp³-hybridized carbons (Fsp3) is 0.391. The zero-order chi connectivity index (χ0) is 20.2. The number of rotatable bonds is 5. The highest BCUT2D eigenvalue weighted by atomic mass is 32.2. The molecule has 2 aromatic rings. The van der Waals surface area contributed by atoms with Crippen molar-refractivity contribution in [2.24, 2.45) is 0 Å². The molecular weight excluding hydrogens is 384 g/mol. The van der Waals surface area contributed by atoms with E-state index in [1.54, 1.807) is 0 Å². The number of esters is 1. The number of amides is 1. The molecule has 0 aromatic heterocycles. The molecule has 0 aliphatic carbocycles. The molecule has 4 rings (SSSR count). The minimum absolute atomic E-state index is 0.0809. The zero-order valence-corrected chi connectivity index (χ0v) is 17.5. The Morgan fingerprint density at radius 1 is 1.07 bits per heavy atom. The van der Waals surface area contributed by atoms with Crippen LogP contribution in [0.4, 0.5) is 0 Å². The predicted octanol–water partition coefficient (Wildman–Crippen LogP) is 3.36. The summed E-state index contributed by atoms with van der Waals surface area (Å²) in [5, 5.41) is -0.127. The largest absolute Gasteiger partial charge is 0.465 e. The van der Waals surface area contributed by atoms with E-state index in [2.05, 4.69) is 36.1 Å². The summed E-state index contributed by atoms with van der Waals surface area (Å²) < 4.78 is 5.01. The average molecular weight is 411 g/mol. The number of benzene rings is 2. The lowest BCUT2D eigenvalue weighted by atomic mass is 10.1. The van der Waals surface area contributed by atoms with E-state index < -0.39 is 0 Å². The molecule has 2 aliphatic heterocycles. The van der Waals surface area contributed by atoms with Crippen molar-refractivity contribution in [1.82, 2.24) is 9.80 Å². The quantitative estimate of drug-likeness (QED) is 0.708. The average Bonchev–Trinajstić information content (AvgIpc) is 3.15. The number of aryl methyl sites for hydroxylation is 1. The normalized spacial score (nSPS) is 20.0. The molecule has 0 N–H and O–H groups in total. The fourth-order valence-corrected chi connectivity index (χ4v) is 4.74. The van der Waals surface area contributed by atoms with Gasteiger partial charge in [0.05, 0.1) is 6.61 Å². The standard InChI is InChI=1S/C23H26N2O3S/c1-17-4-2-3-5-19(17)16-24-11-13-25(14-12-24)22(26)18-6-8-20(9-7-18)29-21-10-15-28-23(21)27/h2-9,21H,10-16H2,1H3. The van der Waals surface area contributed by atoms with E-state index in [1.165, 1.54) is 22.9 Å². The van der Waals surface area contributed by atoms with Gasteiger partial charge in [0, 0.05) is 49.6 Å². The Kier molecular flexibility index (Phi) is 6.21. The molecule has 29 heavy (non-hydrogen) atoms. The summed E-state index contributed by atoms with van der Waals surface area (Å²) in [5.41, 5.74) is 3.37. The van der Waals surface area contributed by atoms with Gasteiger partial charge in [-0.15, -0.1) is 11.8 Å². The van der Waals surface area contributed by atoms with Gasteiger partial charge in [0.25, 0.3) is 5.91 Å². The van der Waals surface area contributed by atoms with Crippen molar-refractivity contribution < 1.29 is 14.3 Å². The van der Waals surface area contributed by atoms with Gasteiger partial charge in [-0.25, -0.2) is 0 Å². The Labute approximate surface area is 176 Å². The first-order valence-corrected chi connectivity index (χ1v) is 11.0. The minimum atomic E-state index is -0.140. The number of hydrogen-bond acceptors (Lipinski definition) is 5. The zero-order valence-electron chi connectivity index (χ0n) is 16.7. The van der Waals surface area contributed by atoms with Crippen LogP contribution in [0.15, 0.2) is 53.4 Å². The number of cyclic esters (lactones) is 1. The molecule has 5 nitrogen and oxygen atoms in total. The number of ether oxygens (including phenoxy) is 1. The molecule has 2 heterocycles. The Morgan fingerprint density at radius 3 is 2.45 bits per heavy atom. The molecular formula is C23H26N2O3S. The molecule has 0 radical (unpaired) electrons. The first kappa shape index (κ1) is 20.0. The molecule has 2 aromatic carbocycles. The molecule has 2 aliphatic rings. The van der Waals surface area contributed by atoms with Crippen LogP contribution in [0, 0.1) is 6.92 Å². The Hall–Kier alpha value is -2.31. The highest BCUT2D eigenvalue weighted by Gasteiger charge is 2.27. The molecule has 2 fully saturated rings. The van der Waals surface area contributed by atoms with Crippen molar-refractivity contribution in [3.8, 4) is 0 Å². The number of hydrogen-bond donors (Lipinski definition) is 0. The summed E-state index contributed by atoms with van der Waals surface area (Å²) in [6, 6.07) is 16.1. The van der Waals surface area contributed by atoms with Crippen LogP contribution in [-0.2, 0) is 16.1 Å². The van der Waals surface area contributed by atoms with E-state index in [4.69, 9.17) is 4.74 Å².